The van der Waals surface area contributed by atoms with Crippen molar-refractivity contribution in [3.05, 3.63) is 90.9 Å². The molecule has 0 bridgehead atoms. The molecule has 0 aliphatic heterocycles. The van der Waals surface area contributed by atoms with Gasteiger partial charge in [0.15, 0.2) is 0 Å². The van der Waals surface area contributed by atoms with Gasteiger partial charge in [-0.25, -0.2) is 8.42 Å². The third-order valence-corrected chi connectivity index (χ3v) is 9.47. The average Bonchev–Trinajstić information content (AvgIpc) is 2.95. The fourth-order valence-electron chi connectivity index (χ4n) is 4.65. The topological polar surface area (TPSA) is 139 Å². The summed E-state index contributed by atoms with van der Waals surface area (Å²) in [7, 11) is -3.36. The number of halogens is 3. The number of nitrogens with one attached hydrogen (secondary N) is 1. The number of carbonyl (C=O) groups is 2. The fourth-order valence-corrected chi connectivity index (χ4v) is 6.72. The maximum atomic E-state index is 14.4. The fraction of sp³-hybridized carbons (Fsp3) is 0.355. The number of hydrogen-bond donors (Lipinski definition) is 1. The first kappa shape index (κ1) is 36.9. The van der Waals surface area contributed by atoms with E-state index in [1.807, 2.05) is 0 Å². The highest BCUT2D eigenvalue weighted by molar-refractivity contribution is 7.92. The Morgan fingerprint density at radius 1 is 1.02 bits per heavy atom. The average molecular weight is 714 g/mol. The number of rotatable bonds is 12. The zero-order valence-electron chi connectivity index (χ0n) is 26.1. The van der Waals surface area contributed by atoms with Crippen LogP contribution in [0.3, 0.4) is 0 Å². The molecule has 3 rings (SSSR count). The van der Waals surface area contributed by atoms with Crippen LogP contribution in [-0.4, -0.2) is 55.3 Å². The minimum absolute atomic E-state index is 0.0622. The summed E-state index contributed by atoms with van der Waals surface area (Å²) in [5.74, 6) is -1.17. The first-order valence-electron chi connectivity index (χ1n) is 14.1. The monoisotopic (exact) mass is 712 g/mol. The molecule has 0 aliphatic rings. The number of sulfonamides is 1. The molecule has 0 aromatic heterocycles. The minimum atomic E-state index is -4.67. The highest BCUT2D eigenvalue weighted by Crippen LogP contribution is 2.36. The molecule has 0 unspecified atom stereocenters. The summed E-state index contributed by atoms with van der Waals surface area (Å²) in [6.45, 7) is 7.58. The van der Waals surface area contributed by atoms with Crippen molar-refractivity contribution in [3.8, 4) is 5.75 Å². The van der Waals surface area contributed by atoms with Crippen molar-refractivity contribution in [2.24, 2.45) is 0 Å². The Kier molecular flexibility index (Phi) is 11.9. The lowest BCUT2D eigenvalue weighted by atomic mass is 10.1. The first-order valence-corrected chi connectivity index (χ1v) is 16.6. The van der Waals surface area contributed by atoms with Crippen molar-refractivity contribution in [2.45, 2.75) is 64.1 Å². The number of benzene rings is 3. The zero-order valence-corrected chi connectivity index (χ0v) is 29.2. The maximum absolute atomic E-state index is 14.4. The van der Waals surface area contributed by atoms with E-state index in [4.69, 9.17) is 39.5 Å². The molecule has 1 atom stereocenters. The molecule has 0 aliphatic carbocycles. The molecule has 0 saturated heterocycles. The third kappa shape index (κ3) is 8.81. The summed E-state index contributed by atoms with van der Waals surface area (Å²) < 4.78 is 34.8. The van der Waals surface area contributed by atoms with Crippen LogP contribution in [0, 0.1) is 17.0 Å². The van der Waals surface area contributed by atoms with Gasteiger partial charge < -0.3 is 15.0 Å². The van der Waals surface area contributed by atoms with Crippen LogP contribution in [0.4, 0.5) is 11.4 Å². The molecule has 248 valence electrons. The molecule has 0 fully saturated rings. The quantitative estimate of drug-likeness (QED) is 0.161. The molecule has 3 aromatic rings. The zero-order chi connectivity index (χ0) is 34.6. The Morgan fingerprint density at radius 2 is 1.65 bits per heavy atom. The summed E-state index contributed by atoms with van der Waals surface area (Å²) in [6.07, 6.45) is 0.177. The van der Waals surface area contributed by atoms with Gasteiger partial charge in [0.25, 0.3) is 15.7 Å². The molecular weight excluding hydrogens is 679 g/mol. The van der Waals surface area contributed by atoms with E-state index < -0.39 is 55.5 Å². The van der Waals surface area contributed by atoms with E-state index in [0.29, 0.717) is 10.6 Å². The Bertz CT molecular complexity index is 1750. The van der Waals surface area contributed by atoms with Crippen LogP contribution >= 0.6 is 34.8 Å². The molecule has 46 heavy (non-hydrogen) atoms. The number of nitro groups is 1. The number of anilines is 1. The summed E-state index contributed by atoms with van der Waals surface area (Å²) >= 11 is 18.8. The van der Waals surface area contributed by atoms with E-state index in [9.17, 15) is 28.1 Å². The van der Waals surface area contributed by atoms with E-state index in [1.54, 1.807) is 39.8 Å². The molecule has 11 nitrogen and oxygen atoms in total. The van der Waals surface area contributed by atoms with E-state index in [1.165, 1.54) is 55.3 Å². The first-order chi connectivity index (χ1) is 21.4. The van der Waals surface area contributed by atoms with Gasteiger partial charge >= 0.3 is 0 Å². The lowest BCUT2D eigenvalue weighted by Gasteiger charge is -2.35. The van der Waals surface area contributed by atoms with Gasteiger partial charge in [-0.05, 0) is 76.1 Å². The minimum Gasteiger partial charge on any atom is -0.495 e. The van der Waals surface area contributed by atoms with Crippen molar-refractivity contribution in [1.29, 1.82) is 0 Å². The van der Waals surface area contributed by atoms with Gasteiger partial charge in [-0.3, -0.25) is 24.0 Å². The van der Waals surface area contributed by atoms with Crippen LogP contribution in [0.25, 0.3) is 0 Å². The molecule has 0 spiro atoms. The standard InChI is InChI=1S/C31H35Cl3N4O7S/c1-7-25(30(40)35-31(3,4)5)36(17-20-9-10-21(32)14-24(20)34)29(39)18-37(27-15-22(33)11-13-28(27)45-6)46(43,44)23-12-8-19(2)26(16-23)38(41)42/h8-16,25H,7,17-18H2,1-6H3,(H,35,40)/t25-/m1/s1. The second-order valence-corrected chi connectivity index (χ2v) is 14.6. The van der Waals surface area contributed by atoms with Crippen molar-refractivity contribution >= 4 is 68.0 Å². The van der Waals surface area contributed by atoms with Crippen LogP contribution in [-0.2, 0) is 26.2 Å². The second-order valence-electron chi connectivity index (χ2n) is 11.5. The molecular formula is C31H35Cl3N4O7S. The third-order valence-electron chi connectivity index (χ3n) is 6.89. The molecule has 15 heteroatoms. The van der Waals surface area contributed by atoms with Crippen LogP contribution in [0.2, 0.25) is 15.1 Å². The second kappa shape index (κ2) is 14.9. The number of amides is 2. The van der Waals surface area contributed by atoms with E-state index in [0.717, 1.165) is 10.4 Å². The Hall–Kier alpha value is -3.58. The summed E-state index contributed by atoms with van der Waals surface area (Å²) in [4.78, 5) is 39.7. The maximum Gasteiger partial charge on any atom is 0.273 e. The molecule has 0 radical (unpaired) electrons. The summed E-state index contributed by atoms with van der Waals surface area (Å²) in [5.41, 5.74) is -0.447. The number of nitrogens with zero attached hydrogens (tertiary/aromatic N) is 3. The van der Waals surface area contributed by atoms with E-state index >= 15 is 0 Å². The molecule has 0 heterocycles. The van der Waals surface area contributed by atoms with Crippen LogP contribution in [0.15, 0.2) is 59.5 Å². The van der Waals surface area contributed by atoms with Crippen molar-refractivity contribution in [3.63, 3.8) is 0 Å². The summed E-state index contributed by atoms with van der Waals surface area (Å²) in [6, 6.07) is 11.3. The Morgan fingerprint density at radius 3 is 2.22 bits per heavy atom. The lowest BCUT2D eigenvalue weighted by Crippen LogP contribution is -2.55. The highest BCUT2D eigenvalue weighted by Gasteiger charge is 2.36. The number of aryl methyl sites for hydroxylation is 1. The predicted molar refractivity (Wildman–Crippen MR) is 179 cm³/mol. The van der Waals surface area contributed by atoms with Gasteiger partial charge in [-0.1, -0.05) is 53.9 Å². The Balaban J connectivity index is 2.22. The van der Waals surface area contributed by atoms with E-state index in [-0.39, 0.29) is 40.0 Å². The van der Waals surface area contributed by atoms with Gasteiger partial charge in [0.2, 0.25) is 11.8 Å². The largest absolute Gasteiger partial charge is 0.495 e. The lowest BCUT2D eigenvalue weighted by molar-refractivity contribution is -0.385. The van der Waals surface area contributed by atoms with Gasteiger partial charge in [-0.2, -0.15) is 0 Å². The summed E-state index contributed by atoms with van der Waals surface area (Å²) in [5, 5.41) is 15.3. The Labute approximate surface area is 283 Å². The number of carbonyl (C=O) groups excluding carboxylic acids is 2. The van der Waals surface area contributed by atoms with Crippen molar-refractivity contribution in [1.82, 2.24) is 10.2 Å². The van der Waals surface area contributed by atoms with Crippen LogP contribution in [0.5, 0.6) is 5.75 Å². The van der Waals surface area contributed by atoms with Gasteiger partial charge in [0, 0.05) is 38.8 Å². The predicted octanol–water partition coefficient (Wildman–Crippen LogP) is 6.79. The number of nitro benzene ring substituents is 1. The smallest absolute Gasteiger partial charge is 0.273 e. The van der Waals surface area contributed by atoms with Crippen LogP contribution < -0.4 is 14.4 Å². The number of hydrogen-bond acceptors (Lipinski definition) is 7. The van der Waals surface area contributed by atoms with Gasteiger partial charge in [0.1, 0.15) is 18.3 Å². The van der Waals surface area contributed by atoms with Crippen molar-refractivity contribution in [2.75, 3.05) is 18.0 Å². The van der Waals surface area contributed by atoms with Gasteiger partial charge in [-0.15, -0.1) is 0 Å². The highest BCUT2D eigenvalue weighted by atomic mass is 35.5. The SMILES string of the molecule is CC[C@H](C(=O)NC(C)(C)C)N(Cc1ccc(Cl)cc1Cl)C(=O)CN(c1cc(Cl)ccc1OC)S(=O)(=O)c1ccc(C)c([N+](=O)[O-])c1. The normalized spacial score (nSPS) is 12.3. The van der Waals surface area contributed by atoms with Crippen LogP contribution in [0.1, 0.15) is 45.2 Å². The molecule has 2 amide bonds. The molecule has 3 aromatic carbocycles. The number of methoxy groups -OCH3 is 1. The molecule has 1 N–H and O–H groups in total. The number of ether oxygens (including phenoxy) is 1. The van der Waals surface area contributed by atoms with E-state index in [2.05, 4.69) is 5.32 Å². The van der Waals surface area contributed by atoms with Crippen molar-refractivity contribution < 1.29 is 27.7 Å². The van der Waals surface area contributed by atoms with Gasteiger partial charge in [0.05, 0.1) is 22.6 Å². The molecule has 0 saturated carbocycles.